The van der Waals surface area contributed by atoms with Gasteiger partial charge in [-0.25, -0.2) is 4.79 Å². The third-order valence-electron chi connectivity index (χ3n) is 2.32. The van der Waals surface area contributed by atoms with Crippen molar-refractivity contribution in [2.45, 2.75) is 54.6 Å². The molecule has 0 N–H and O–H groups in total. The summed E-state index contributed by atoms with van der Waals surface area (Å²) in [6.07, 6.45) is 2.45. The molecule has 0 aliphatic rings. The quantitative estimate of drug-likeness (QED) is 0.432. The highest BCUT2D eigenvalue weighted by molar-refractivity contribution is 6.38. The van der Waals surface area contributed by atoms with Crippen LogP contribution in [-0.2, 0) is 14.3 Å². The highest BCUT2D eigenvalue weighted by Crippen LogP contribution is 2.36. The maximum Gasteiger partial charge on any atom is 0.379 e. The lowest BCUT2D eigenvalue weighted by Gasteiger charge is -2.39. The first-order valence-corrected chi connectivity index (χ1v) is 5.87. The van der Waals surface area contributed by atoms with Gasteiger partial charge in [0.2, 0.25) is 0 Å². The Labute approximate surface area is 104 Å². The zero-order chi connectivity index (χ0) is 13.9. The molecule has 0 atom stereocenters. The average Bonchev–Trinajstić information content (AvgIpc) is 2.10. The Kier molecular flexibility index (Phi) is 5.12. The van der Waals surface area contributed by atoms with E-state index in [1.165, 1.54) is 12.2 Å². The topological polar surface area (TPSA) is 43.4 Å². The molecule has 0 aromatic rings. The lowest BCUT2D eigenvalue weighted by molar-refractivity contribution is -0.167. The van der Waals surface area contributed by atoms with Gasteiger partial charge in [-0.3, -0.25) is 4.79 Å². The van der Waals surface area contributed by atoms with Gasteiger partial charge in [-0.05, 0) is 23.8 Å². The molecule has 0 aliphatic heterocycles. The second kappa shape index (κ2) is 5.48. The first-order valence-electron chi connectivity index (χ1n) is 5.87. The number of ketones is 1. The van der Waals surface area contributed by atoms with Crippen LogP contribution in [0.3, 0.4) is 0 Å². The van der Waals surface area contributed by atoms with Crippen LogP contribution in [-0.4, -0.2) is 17.9 Å². The van der Waals surface area contributed by atoms with Crippen molar-refractivity contribution in [1.82, 2.24) is 0 Å². The maximum atomic E-state index is 11.6. The Morgan fingerprint density at radius 2 is 1.41 bits per heavy atom. The molecule has 0 aromatic carbocycles. The summed E-state index contributed by atoms with van der Waals surface area (Å²) in [6, 6.07) is 0. The number of hydrogen-bond donors (Lipinski definition) is 0. The fourth-order valence-electron chi connectivity index (χ4n) is 2.04. The molecule has 3 nitrogen and oxygen atoms in total. The fourth-order valence-corrected chi connectivity index (χ4v) is 2.04. The molecule has 0 aliphatic carbocycles. The molecule has 0 radical (unpaired) electrons. The van der Waals surface area contributed by atoms with E-state index in [2.05, 4.69) is 0 Å². The highest BCUT2D eigenvalue weighted by Gasteiger charge is 2.38. The number of rotatable bonds is 3. The Hall–Kier alpha value is -1.12. The second-order valence-corrected chi connectivity index (χ2v) is 6.38. The van der Waals surface area contributed by atoms with Crippen LogP contribution in [0.4, 0.5) is 0 Å². The van der Waals surface area contributed by atoms with Gasteiger partial charge in [0.1, 0.15) is 6.10 Å². The average molecular weight is 240 g/mol. The van der Waals surface area contributed by atoms with Gasteiger partial charge in [0, 0.05) is 0 Å². The first kappa shape index (κ1) is 15.9. The minimum atomic E-state index is -0.780. The van der Waals surface area contributed by atoms with Crippen molar-refractivity contribution in [3.05, 3.63) is 12.2 Å². The molecule has 0 saturated heterocycles. The van der Waals surface area contributed by atoms with E-state index in [1.54, 1.807) is 6.92 Å². The van der Waals surface area contributed by atoms with E-state index in [9.17, 15) is 9.59 Å². The minimum absolute atomic E-state index is 0.204. The van der Waals surface area contributed by atoms with Gasteiger partial charge < -0.3 is 4.74 Å². The zero-order valence-corrected chi connectivity index (χ0v) is 12.0. The van der Waals surface area contributed by atoms with Crippen LogP contribution < -0.4 is 0 Å². The van der Waals surface area contributed by atoms with Crippen molar-refractivity contribution in [2.75, 3.05) is 0 Å². The van der Waals surface area contributed by atoms with E-state index >= 15 is 0 Å². The van der Waals surface area contributed by atoms with E-state index in [0.717, 1.165) is 0 Å². The van der Waals surface area contributed by atoms with Crippen molar-refractivity contribution in [1.29, 1.82) is 0 Å². The van der Waals surface area contributed by atoms with Crippen molar-refractivity contribution < 1.29 is 14.3 Å². The third-order valence-corrected chi connectivity index (χ3v) is 2.32. The fraction of sp³-hybridized carbons (Fsp3) is 0.714. The van der Waals surface area contributed by atoms with Crippen LogP contribution in [0.5, 0.6) is 0 Å². The van der Waals surface area contributed by atoms with Crippen molar-refractivity contribution in [2.24, 2.45) is 10.8 Å². The second-order valence-electron chi connectivity index (χ2n) is 6.38. The first-order chi connectivity index (χ1) is 7.50. The van der Waals surface area contributed by atoms with Gasteiger partial charge in [-0.15, -0.1) is 0 Å². The van der Waals surface area contributed by atoms with Crippen molar-refractivity contribution in [3.8, 4) is 0 Å². The molecule has 0 spiro atoms. The van der Waals surface area contributed by atoms with Crippen LogP contribution in [0, 0.1) is 10.8 Å². The molecular formula is C14H24O3. The molecule has 0 heterocycles. The summed E-state index contributed by atoms with van der Waals surface area (Å²) >= 11 is 0. The molecule has 0 fully saturated rings. The van der Waals surface area contributed by atoms with Gasteiger partial charge in [0.25, 0.3) is 5.78 Å². The molecular weight excluding hydrogens is 216 g/mol. The number of carbonyl (C=O) groups excluding carboxylic acids is 2. The highest BCUT2D eigenvalue weighted by atomic mass is 16.6. The van der Waals surface area contributed by atoms with Gasteiger partial charge >= 0.3 is 5.97 Å². The number of carbonyl (C=O) groups is 2. The lowest BCUT2D eigenvalue weighted by Crippen LogP contribution is -2.43. The SMILES string of the molecule is C/C=C/C(=O)C(=O)OC(C(C)(C)C)C(C)(C)C. The maximum absolute atomic E-state index is 11.6. The van der Waals surface area contributed by atoms with E-state index < -0.39 is 11.8 Å². The molecule has 3 heteroatoms. The summed E-state index contributed by atoms with van der Waals surface area (Å²) < 4.78 is 5.35. The number of ether oxygens (including phenoxy) is 1. The number of esters is 1. The largest absolute Gasteiger partial charge is 0.455 e. The number of hydrogen-bond acceptors (Lipinski definition) is 3. The summed E-state index contributed by atoms with van der Waals surface area (Å²) in [5, 5.41) is 0. The summed E-state index contributed by atoms with van der Waals surface area (Å²) in [7, 11) is 0. The van der Waals surface area contributed by atoms with E-state index in [0.29, 0.717) is 0 Å². The summed E-state index contributed by atoms with van der Waals surface area (Å²) in [4.78, 5) is 23.0. The van der Waals surface area contributed by atoms with Gasteiger partial charge in [-0.1, -0.05) is 47.6 Å². The van der Waals surface area contributed by atoms with Crippen LogP contribution in [0.1, 0.15) is 48.5 Å². The summed E-state index contributed by atoms with van der Waals surface area (Å²) in [6.45, 7) is 13.7. The van der Waals surface area contributed by atoms with Crippen LogP contribution in [0.15, 0.2) is 12.2 Å². The molecule has 0 saturated carbocycles. The van der Waals surface area contributed by atoms with Gasteiger partial charge in [0.15, 0.2) is 0 Å². The zero-order valence-electron chi connectivity index (χ0n) is 12.0. The Morgan fingerprint density at radius 3 is 1.71 bits per heavy atom. The molecule has 98 valence electrons. The van der Waals surface area contributed by atoms with Crippen LogP contribution in [0.2, 0.25) is 0 Å². The predicted molar refractivity (Wildman–Crippen MR) is 68.6 cm³/mol. The van der Waals surface area contributed by atoms with Gasteiger partial charge in [0.05, 0.1) is 0 Å². The Balaban J connectivity index is 4.92. The van der Waals surface area contributed by atoms with Crippen molar-refractivity contribution in [3.63, 3.8) is 0 Å². The number of allylic oxidation sites excluding steroid dienone is 1. The van der Waals surface area contributed by atoms with E-state index in [-0.39, 0.29) is 16.9 Å². The Bertz CT molecular complexity index is 299. The lowest BCUT2D eigenvalue weighted by atomic mass is 9.74. The van der Waals surface area contributed by atoms with Crippen molar-refractivity contribution >= 4 is 11.8 Å². The monoisotopic (exact) mass is 240 g/mol. The Morgan fingerprint density at radius 1 is 1.00 bits per heavy atom. The van der Waals surface area contributed by atoms with E-state index in [1.807, 2.05) is 41.5 Å². The van der Waals surface area contributed by atoms with Gasteiger partial charge in [-0.2, -0.15) is 0 Å². The minimum Gasteiger partial charge on any atom is -0.455 e. The molecule has 0 bridgehead atoms. The molecule has 0 rings (SSSR count). The standard InChI is InChI=1S/C14H24O3/c1-8-9-10(15)11(16)17-12(13(2,3)4)14(5,6)7/h8-9,12H,1-7H3/b9-8+. The molecule has 0 unspecified atom stereocenters. The van der Waals surface area contributed by atoms with Crippen LogP contribution >= 0.6 is 0 Å². The molecule has 0 aromatic heterocycles. The third kappa shape index (κ3) is 5.16. The van der Waals surface area contributed by atoms with E-state index in [4.69, 9.17) is 4.74 Å². The molecule has 0 amide bonds. The summed E-state index contributed by atoms with van der Waals surface area (Å²) in [5.41, 5.74) is -0.408. The normalized spacial score (nSPS) is 13.2. The smallest absolute Gasteiger partial charge is 0.379 e. The molecule has 17 heavy (non-hydrogen) atoms. The van der Waals surface area contributed by atoms with Crippen LogP contribution in [0.25, 0.3) is 0 Å². The summed E-state index contributed by atoms with van der Waals surface area (Å²) in [5.74, 6) is -1.39. The predicted octanol–water partition coefficient (Wildman–Crippen LogP) is 3.14.